The summed E-state index contributed by atoms with van der Waals surface area (Å²) in [6, 6.07) is 0.732. The third-order valence-electron chi connectivity index (χ3n) is 5.21. The molecule has 0 aliphatic carbocycles. The van der Waals surface area contributed by atoms with Crippen LogP contribution in [0.5, 0.6) is 0 Å². The molecule has 2 aliphatic rings. The number of unbranched alkanes of at least 4 members (excludes halogenated alkanes) is 1. The lowest BCUT2D eigenvalue weighted by atomic mass is 10.0. The summed E-state index contributed by atoms with van der Waals surface area (Å²) in [5.41, 5.74) is 0. The number of likely N-dealkylation sites (N-methyl/N-ethyl adjacent to an activating group) is 1. The molecule has 0 spiro atoms. The largest absolute Gasteiger partial charge is 0.379 e. The molecule has 27 heavy (non-hydrogen) atoms. The molecule has 2 amide bonds. The van der Waals surface area contributed by atoms with E-state index in [0.717, 1.165) is 51.0 Å². The van der Waals surface area contributed by atoms with Crippen molar-refractivity contribution < 1.29 is 19.1 Å². The molecule has 2 aliphatic heterocycles. The number of thioether (sulfide) groups is 1. The van der Waals surface area contributed by atoms with Crippen molar-refractivity contribution in [3.8, 4) is 0 Å². The molecular formula is C20H36N2O4S. The highest BCUT2D eigenvalue weighted by atomic mass is 32.2. The Kier molecular flexibility index (Phi) is 10.5. The van der Waals surface area contributed by atoms with Crippen molar-refractivity contribution in [2.45, 2.75) is 76.1 Å². The lowest BCUT2D eigenvalue weighted by Gasteiger charge is -2.26. The van der Waals surface area contributed by atoms with Gasteiger partial charge in [0.1, 0.15) is 5.78 Å². The van der Waals surface area contributed by atoms with Crippen molar-refractivity contribution >= 4 is 23.6 Å². The van der Waals surface area contributed by atoms with Gasteiger partial charge in [0.15, 0.2) is 0 Å². The van der Waals surface area contributed by atoms with E-state index in [0.29, 0.717) is 55.8 Å². The van der Waals surface area contributed by atoms with Crippen molar-refractivity contribution in [2.75, 3.05) is 38.7 Å². The van der Waals surface area contributed by atoms with E-state index >= 15 is 0 Å². The van der Waals surface area contributed by atoms with Gasteiger partial charge in [-0.3, -0.25) is 4.79 Å². The van der Waals surface area contributed by atoms with E-state index in [1.807, 2.05) is 23.6 Å². The predicted molar refractivity (Wildman–Crippen MR) is 109 cm³/mol. The van der Waals surface area contributed by atoms with Gasteiger partial charge in [-0.1, -0.05) is 13.3 Å². The molecule has 3 atom stereocenters. The Bertz CT molecular complexity index is 463. The van der Waals surface area contributed by atoms with Gasteiger partial charge in [-0.05, 0) is 32.6 Å². The molecule has 0 saturated carbocycles. The number of rotatable bonds is 15. The monoisotopic (exact) mass is 400 g/mol. The number of nitrogens with one attached hydrogen (secondary N) is 1. The Morgan fingerprint density at radius 2 is 1.85 bits per heavy atom. The van der Waals surface area contributed by atoms with Crippen LogP contribution in [0.4, 0.5) is 4.79 Å². The van der Waals surface area contributed by atoms with Gasteiger partial charge in [0.05, 0.1) is 25.3 Å². The number of fused-ring (bicyclic) bond motifs is 1. The summed E-state index contributed by atoms with van der Waals surface area (Å²) >= 11 is 1.97. The predicted octanol–water partition coefficient (Wildman–Crippen LogP) is 3.24. The van der Waals surface area contributed by atoms with Crippen molar-refractivity contribution in [1.29, 1.82) is 0 Å². The normalized spacial score (nSPS) is 24.3. The third-order valence-corrected chi connectivity index (χ3v) is 6.71. The molecule has 6 nitrogen and oxygen atoms in total. The molecule has 2 fully saturated rings. The van der Waals surface area contributed by atoms with Gasteiger partial charge in [0.25, 0.3) is 0 Å². The fourth-order valence-electron chi connectivity index (χ4n) is 3.84. The first-order valence-electron chi connectivity index (χ1n) is 10.5. The molecule has 2 rings (SSSR count). The van der Waals surface area contributed by atoms with Crippen molar-refractivity contribution in [1.82, 2.24) is 10.2 Å². The van der Waals surface area contributed by atoms with Gasteiger partial charge in [-0.25, -0.2) is 4.79 Å². The van der Waals surface area contributed by atoms with Crippen molar-refractivity contribution in [3.63, 3.8) is 0 Å². The van der Waals surface area contributed by atoms with Gasteiger partial charge in [-0.2, -0.15) is 11.8 Å². The van der Waals surface area contributed by atoms with Crippen LogP contribution in [0.25, 0.3) is 0 Å². The molecular weight excluding hydrogens is 364 g/mol. The van der Waals surface area contributed by atoms with Gasteiger partial charge in [0.2, 0.25) is 0 Å². The first-order chi connectivity index (χ1) is 13.2. The van der Waals surface area contributed by atoms with Gasteiger partial charge >= 0.3 is 6.03 Å². The fourth-order valence-corrected chi connectivity index (χ4v) is 5.45. The van der Waals surface area contributed by atoms with Crippen LogP contribution in [-0.2, 0) is 14.3 Å². The second-order valence-corrected chi connectivity index (χ2v) is 8.59. The minimum atomic E-state index is 0.0899. The molecule has 2 saturated heterocycles. The Labute approximate surface area is 168 Å². The number of hydrogen-bond donors (Lipinski definition) is 1. The van der Waals surface area contributed by atoms with Crippen LogP contribution in [0.1, 0.15) is 58.8 Å². The Morgan fingerprint density at radius 1 is 1.11 bits per heavy atom. The quantitative estimate of drug-likeness (QED) is 0.338. The summed E-state index contributed by atoms with van der Waals surface area (Å²) in [6.45, 7) is 7.57. The zero-order chi connectivity index (χ0) is 19.5. The summed E-state index contributed by atoms with van der Waals surface area (Å²) in [4.78, 5) is 25.9. The zero-order valence-corrected chi connectivity index (χ0v) is 17.7. The number of ether oxygens (including phenoxy) is 2. The number of hydrogen-bond acceptors (Lipinski definition) is 5. The molecule has 0 aromatic carbocycles. The minimum absolute atomic E-state index is 0.0899. The summed E-state index contributed by atoms with van der Waals surface area (Å²) in [5.74, 6) is 1.35. The van der Waals surface area contributed by atoms with E-state index in [4.69, 9.17) is 9.47 Å². The highest BCUT2D eigenvalue weighted by Gasteiger charge is 2.47. The zero-order valence-electron chi connectivity index (χ0n) is 16.9. The highest BCUT2D eigenvalue weighted by molar-refractivity contribution is 8.00. The fraction of sp³-hybridized carbons (Fsp3) is 0.900. The van der Waals surface area contributed by atoms with Crippen LogP contribution >= 0.6 is 11.8 Å². The van der Waals surface area contributed by atoms with Crippen molar-refractivity contribution in [2.24, 2.45) is 0 Å². The smallest absolute Gasteiger partial charge is 0.318 e. The minimum Gasteiger partial charge on any atom is -0.379 e. The van der Waals surface area contributed by atoms with E-state index in [2.05, 4.69) is 12.2 Å². The van der Waals surface area contributed by atoms with Crippen LogP contribution in [-0.4, -0.2) is 72.8 Å². The Balaban J connectivity index is 1.48. The maximum Gasteiger partial charge on any atom is 0.318 e. The molecule has 2 heterocycles. The second-order valence-electron chi connectivity index (χ2n) is 7.32. The summed E-state index contributed by atoms with van der Waals surface area (Å²) in [5, 5.41) is 3.60. The van der Waals surface area contributed by atoms with Gasteiger partial charge in [-0.15, -0.1) is 0 Å². The lowest BCUT2D eigenvalue weighted by Crippen LogP contribution is -2.40. The maximum atomic E-state index is 12.0. The number of nitrogens with zero attached hydrogens (tertiary/aromatic N) is 1. The second kappa shape index (κ2) is 12.6. The van der Waals surface area contributed by atoms with Crippen LogP contribution in [0.3, 0.4) is 0 Å². The van der Waals surface area contributed by atoms with Gasteiger partial charge < -0.3 is 19.7 Å². The van der Waals surface area contributed by atoms with E-state index in [9.17, 15) is 9.59 Å². The maximum absolute atomic E-state index is 12.0. The molecule has 1 N–H and O–H groups in total. The summed E-state index contributed by atoms with van der Waals surface area (Å²) in [6.07, 6.45) is 6.21. The molecule has 0 aromatic rings. The number of Topliss-reactive ketones (excluding diaryl/α,β-unsaturated/α-hetero) is 1. The summed E-state index contributed by atoms with van der Waals surface area (Å²) in [7, 11) is 0. The Morgan fingerprint density at radius 3 is 2.59 bits per heavy atom. The van der Waals surface area contributed by atoms with Crippen LogP contribution in [0.15, 0.2) is 0 Å². The SMILES string of the molecule is CCCOCCOCCCC(=O)CCCC[C@@H]1SC[C@@H]2NC(=O)N(CC)[C@@H]21. The number of urea groups is 1. The molecule has 156 valence electrons. The highest BCUT2D eigenvalue weighted by Crippen LogP contribution is 2.37. The average Bonchev–Trinajstić information content (AvgIpc) is 3.18. The van der Waals surface area contributed by atoms with E-state index in [1.54, 1.807) is 0 Å². The lowest BCUT2D eigenvalue weighted by molar-refractivity contribution is -0.119. The number of carbonyl (C=O) groups is 2. The molecule has 0 radical (unpaired) electrons. The molecule has 0 bridgehead atoms. The first kappa shape index (κ1) is 22.5. The topological polar surface area (TPSA) is 67.9 Å². The number of carbonyl (C=O) groups excluding carboxylic acids is 2. The van der Waals surface area contributed by atoms with Crippen molar-refractivity contribution in [3.05, 3.63) is 0 Å². The van der Waals surface area contributed by atoms with Crippen LogP contribution < -0.4 is 5.32 Å². The van der Waals surface area contributed by atoms with Crippen LogP contribution in [0, 0.1) is 0 Å². The summed E-state index contributed by atoms with van der Waals surface area (Å²) < 4.78 is 10.8. The van der Waals surface area contributed by atoms with E-state index in [1.165, 1.54) is 0 Å². The standard InChI is InChI=1S/C20H36N2O4S/c1-3-11-25-13-14-26-12-7-9-16(23)8-5-6-10-18-19-17(15-27-18)21-20(24)22(19)4-2/h17-19H,3-15H2,1-2H3,(H,21,24)/t17-,18-,19-/m0/s1. The molecule has 0 aromatic heterocycles. The first-order valence-corrected chi connectivity index (χ1v) is 11.6. The number of amides is 2. The van der Waals surface area contributed by atoms with Gasteiger partial charge in [0, 0.05) is 43.6 Å². The average molecular weight is 401 g/mol. The Hall–Kier alpha value is -0.790. The number of ketones is 1. The molecule has 0 unspecified atom stereocenters. The van der Waals surface area contributed by atoms with E-state index < -0.39 is 0 Å². The van der Waals surface area contributed by atoms with E-state index in [-0.39, 0.29) is 6.03 Å². The van der Waals surface area contributed by atoms with Crippen LogP contribution in [0.2, 0.25) is 0 Å². The molecule has 7 heteroatoms. The third kappa shape index (κ3) is 7.27.